The lowest BCUT2D eigenvalue weighted by Gasteiger charge is -2.30. The molecule has 2 heterocycles. The molecule has 1 aliphatic rings. The molecule has 0 atom stereocenters. The maximum atomic E-state index is 12.0. The molecule has 4 nitrogen and oxygen atoms in total. The van der Waals surface area contributed by atoms with Crippen LogP contribution in [0.2, 0.25) is 0 Å². The van der Waals surface area contributed by atoms with Crippen molar-refractivity contribution in [2.45, 2.75) is 46.3 Å². The van der Waals surface area contributed by atoms with Crippen molar-refractivity contribution in [1.29, 1.82) is 0 Å². The highest BCUT2D eigenvalue weighted by Gasteiger charge is 2.26. The molecule has 1 aliphatic heterocycles. The number of aromatic nitrogens is 1. The summed E-state index contributed by atoms with van der Waals surface area (Å²) < 4.78 is 5.38. The Morgan fingerprint density at radius 2 is 2.11 bits per heavy atom. The summed E-state index contributed by atoms with van der Waals surface area (Å²) in [7, 11) is 0. The molecule has 1 amide bonds. The van der Waals surface area contributed by atoms with E-state index in [2.05, 4.69) is 4.98 Å². The summed E-state index contributed by atoms with van der Waals surface area (Å²) >= 11 is 0. The van der Waals surface area contributed by atoms with E-state index in [0.29, 0.717) is 13.1 Å². The Hall–Kier alpha value is -1.58. The molecular formula is C14H20N2O2. The van der Waals surface area contributed by atoms with E-state index in [1.807, 2.05) is 39.8 Å². The number of carbonyl (C=O) groups is 1. The maximum absolute atomic E-state index is 12.0. The van der Waals surface area contributed by atoms with Crippen LogP contribution in [-0.2, 0) is 17.7 Å². The summed E-state index contributed by atoms with van der Waals surface area (Å²) in [6.45, 7) is 8.91. The highest BCUT2D eigenvalue weighted by molar-refractivity contribution is 5.68. The molecule has 0 aliphatic carbocycles. The number of pyridine rings is 1. The van der Waals surface area contributed by atoms with Crippen LogP contribution in [-0.4, -0.2) is 28.1 Å². The normalized spacial score (nSPS) is 15.2. The van der Waals surface area contributed by atoms with Crippen molar-refractivity contribution >= 4 is 6.09 Å². The second-order valence-corrected chi connectivity index (χ2v) is 5.71. The van der Waals surface area contributed by atoms with Crippen molar-refractivity contribution in [2.24, 2.45) is 0 Å². The molecule has 0 fully saturated rings. The van der Waals surface area contributed by atoms with Crippen LogP contribution in [0.4, 0.5) is 4.79 Å². The first kappa shape index (κ1) is 12.9. The zero-order valence-electron chi connectivity index (χ0n) is 11.5. The van der Waals surface area contributed by atoms with Gasteiger partial charge in [-0.25, -0.2) is 4.79 Å². The molecule has 98 valence electrons. The average molecular weight is 248 g/mol. The molecule has 0 unspecified atom stereocenters. The molecule has 0 aromatic carbocycles. The average Bonchev–Trinajstić information content (AvgIpc) is 2.26. The van der Waals surface area contributed by atoms with E-state index >= 15 is 0 Å². The van der Waals surface area contributed by atoms with Gasteiger partial charge in [0.05, 0.1) is 6.54 Å². The highest BCUT2D eigenvalue weighted by Crippen LogP contribution is 2.19. The lowest BCUT2D eigenvalue weighted by Crippen LogP contribution is -2.40. The summed E-state index contributed by atoms with van der Waals surface area (Å²) in [5, 5.41) is 0. The van der Waals surface area contributed by atoms with Crippen molar-refractivity contribution in [1.82, 2.24) is 9.88 Å². The second kappa shape index (κ2) is 4.59. The number of rotatable bonds is 0. The largest absolute Gasteiger partial charge is 0.444 e. The minimum atomic E-state index is -0.442. The smallest absolute Gasteiger partial charge is 0.410 e. The number of hydrogen-bond acceptors (Lipinski definition) is 3. The third-order valence-electron chi connectivity index (χ3n) is 2.84. The fourth-order valence-corrected chi connectivity index (χ4v) is 2.01. The third-order valence-corrected chi connectivity index (χ3v) is 2.84. The molecule has 18 heavy (non-hydrogen) atoms. The van der Waals surface area contributed by atoms with E-state index in [1.54, 1.807) is 4.90 Å². The lowest BCUT2D eigenvalue weighted by molar-refractivity contribution is 0.0223. The molecule has 0 N–H and O–H groups in total. The third kappa shape index (κ3) is 3.00. The molecular weight excluding hydrogens is 228 g/mol. The van der Waals surface area contributed by atoms with E-state index in [4.69, 9.17) is 4.74 Å². The van der Waals surface area contributed by atoms with Crippen LogP contribution in [0.5, 0.6) is 0 Å². The summed E-state index contributed by atoms with van der Waals surface area (Å²) in [6.07, 6.45) is 0.560. The Morgan fingerprint density at radius 3 is 2.78 bits per heavy atom. The quantitative estimate of drug-likeness (QED) is 0.709. The number of fused-ring (bicyclic) bond motifs is 1. The van der Waals surface area contributed by atoms with Gasteiger partial charge in [-0.05, 0) is 39.3 Å². The van der Waals surface area contributed by atoms with Crippen LogP contribution >= 0.6 is 0 Å². The van der Waals surface area contributed by atoms with Crippen LogP contribution in [0, 0.1) is 6.92 Å². The lowest BCUT2D eigenvalue weighted by atomic mass is 10.1. The number of nitrogens with zero attached hydrogens (tertiary/aromatic N) is 2. The highest BCUT2D eigenvalue weighted by atomic mass is 16.6. The van der Waals surface area contributed by atoms with E-state index in [9.17, 15) is 4.79 Å². The maximum Gasteiger partial charge on any atom is 0.410 e. The molecule has 0 spiro atoms. The minimum Gasteiger partial charge on any atom is -0.444 e. The van der Waals surface area contributed by atoms with Gasteiger partial charge in [-0.2, -0.15) is 0 Å². The fourth-order valence-electron chi connectivity index (χ4n) is 2.01. The molecule has 0 saturated heterocycles. The molecule has 0 radical (unpaired) electrons. The van der Waals surface area contributed by atoms with Crippen LogP contribution in [0.15, 0.2) is 12.1 Å². The van der Waals surface area contributed by atoms with Gasteiger partial charge in [-0.1, -0.05) is 6.07 Å². The standard InChI is InChI=1S/C14H20N2O2/c1-10-5-6-11-9-16(8-7-12(11)15-10)13(17)18-14(2,3)4/h5-6H,7-9H2,1-4H3. The van der Waals surface area contributed by atoms with Gasteiger partial charge in [-0.3, -0.25) is 4.98 Å². The van der Waals surface area contributed by atoms with Crippen molar-refractivity contribution in [2.75, 3.05) is 6.54 Å². The van der Waals surface area contributed by atoms with Gasteiger partial charge in [0.2, 0.25) is 0 Å². The van der Waals surface area contributed by atoms with Gasteiger partial charge in [0.1, 0.15) is 5.60 Å². The van der Waals surface area contributed by atoms with Crippen LogP contribution in [0.1, 0.15) is 37.7 Å². The molecule has 0 saturated carbocycles. The number of amides is 1. The molecule has 4 heteroatoms. The number of aryl methyl sites for hydroxylation is 1. The number of carbonyl (C=O) groups excluding carboxylic acids is 1. The Bertz CT molecular complexity index is 463. The number of ether oxygens (including phenoxy) is 1. The van der Waals surface area contributed by atoms with E-state index in [1.165, 1.54) is 0 Å². The van der Waals surface area contributed by atoms with Crippen molar-refractivity contribution in [3.8, 4) is 0 Å². The topological polar surface area (TPSA) is 42.4 Å². The van der Waals surface area contributed by atoms with Crippen LogP contribution in [0.25, 0.3) is 0 Å². The molecule has 2 rings (SSSR count). The Kier molecular flexibility index (Phi) is 3.28. The van der Waals surface area contributed by atoms with Gasteiger partial charge in [0.15, 0.2) is 0 Å². The first-order valence-corrected chi connectivity index (χ1v) is 6.28. The summed E-state index contributed by atoms with van der Waals surface area (Å²) in [5.41, 5.74) is 2.81. The molecule has 0 bridgehead atoms. The monoisotopic (exact) mass is 248 g/mol. The van der Waals surface area contributed by atoms with Gasteiger partial charge in [-0.15, -0.1) is 0 Å². The summed E-state index contributed by atoms with van der Waals surface area (Å²) in [6, 6.07) is 4.03. The SMILES string of the molecule is Cc1ccc2c(n1)CCN(C(=O)OC(C)(C)C)C2. The summed E-state index contributed by atoms with van der Waals surface area (Å²) in [4.78, 5) is 18.2. The Morgan fingerprint density at radius 1 is 1.39 bits per heavy atom. The Labute approximate surface area is 108 Å². The zero-order chi connectivity index (χ0) is 13.3. The second-order valence-electron chi connectivity index (χ2n) is 5.71. The predicted octanol–water partition coefficient (Wildman–Crippen LogP) is 2.68. The predicted molar refractivity (Wildman–Crippen MR) is 69.3 cm³/mol. The summed E-state index contributed by atoms with van der Waals surface area (Å²) in [5.74, 6) is 0. The first-order chi connectivity index (χ1) is 8.35. The zero-order valence-corrected chi connectivity index (χ0v) is 11.5. The van der Waals surface area contributed by atoms with Gasteiger partial charge < -0.3 is 9.64 Å². The number of hydrogen-bond donors (Lipinski definition) is 0. The minimum absolute atomic E-state index is 0.242. The molecule has 1 aromatic rings. The van der Waals surface area contributed by atoms with E-state index in [-0.39, 0.29) is 6.09 Å². The van der Waals surface area contributed by atoms with Gasteiger partial charge in [0.25, 0.3) is 0 Å². The fraction of sp³-hybridized carbons (Fsp3) is 0.571. The van der Waals surface area contributed by atoms with Crippen LogP contribution < -0.4 is 0 Å². The van der Waals surface area contributed by atoms with E-state index in [0.717, 1.165) is 23.4 Å². The van der Waals surface area contributed by atoms with Crippen molar-refractivity contribution in [3.05, 3.63) is 29.1 Å². The van der Waals surface area contributed by atoms with Crippen LogP contribution in [0.3, 0.4) is 0 Å². The first-order valence-electron chi connectivity index (χ1n) is 6.28. The van der Waals surface area contributed by atoms with E-state index < -0.39 is 5.60 Å². The van der Waals surface area contributed by atoms with Crippen molar-refractivity contribution in [3.63, 3.8) is 0 Å². The Balaban J connectivity index is 2.08. The molecule has 1 aromatic heterocycles. The van der Waals surface area contributed by atoms with Gasteiger partial charge >= 0.3 is 6.09 Å². The van der Waals surface area contributed by atoms with Crippen molar-refractivity contribution < 1.29 is 9.53 Å². The van der Waals surface area contributed by atoms with Gasteiger partial charge in [0, 0.05) is 24.4 Å².